The zero-order valence-electron chi connectivity index (χ0n) is 14.0. The van der Waals surface area contributed by atoms with Crippen LogP contribution in [0.15, 0.2) is 48.8 Å². The Morgan fingerprint density at radius 2 is 2.12 bits per heavy atom. The van der Waals surface area contributed by atoms with Crippen molar-refractivity contribution in [2.24, 2.45) is 0 Å². The summed E-state index contributed by atoms with van der Waals surface area (Å²) in [5.41, 5.74) is 3.66. The van der Waals surface area contributed by atoms with E-state index in [0.717, 1.165) is 32.7 Å². The molecule has 2 aromatic heterocycles. The van der Waals surface area contributed by atoms with Crippen LogP contribution < -0.4 is 5.32 Å². The minimum atomic E-state index is 0.345. The molecule has 1 aliphatic heterocycles. The summed E-state index contributed by atoms with van der Waals surface area (Å²) in [4.78, 5) is 6.81. The Kier molecular flexibility index (Phi) is 4.28. The number of hydrogen-bond donors (Lipinski definition) is 1. The van der Waals surface area contributed by atoms with Crippen LogP contribution >= 0.6 is 0 Å². The van der Waals surface area contributed by atoms with Gasteiger partial charge in [0.1, 0.15) is 0 Å². The molecule has 5 heteroatoms. The highest BCUT2D eigenvalue weighted by Gasteiger charge is 2.25. The van der Waals surface area contributed by atoms with Crippen molar-refractivity contribution in [1.82, 2.24) is 25.0 Å². The van der Waals surface area contributed by atoms with Crippen LogP contribution in [0.3, 0.4) is 0 Å². The number of pyridine rings is 1. The SMILES string of the molecule is CCn1nc(CN2CCNCC2c2cccnc2)c2ccccc21. The van der Waals surface area contributed by atoms with Crippen molar-refractivity contribution >= 4 is 10.9 Å². The van der Waals surface area contributed by atoms with Crippen molar-refractivity contribution in [2.75, 3.05) is 19.6 Å². The summed E-state index contributed by atoms with van der Waals surface area (Å²) >= 11 is 0. The summed E-state index contributed by atoms with van der Waals surface area (Å²) in [5, 5.41) is 9.64. The number of nitrogens with one attached hydrogen (secondary N) is 1. The normalized spacial score (nSPS) is 19.0. The number of benzene rings is 1. The van der Waals surface area contributed by atoms with Gasteiger partial charge < -0.3 is 5.32 Å². The Labute approximate surface area is 142 Å². The van der Waals surface area contributed by atoms with E-state index < -0.39 is 0 Å². The van der Waals surface area contributed by atoms with Crippen LogP contribution in [0.2, 0.25) is 0 Å². The second kappa shape index (κ2) is 6.71. The summed E-state index contributed by atoms with van der Waals surface area (Å²) in [6, 6.07) is 13.1. The summed E-state index contributed by atoms with van der Waals surface area (Å²) in [6.45, 7) is 6.91. The van der Waals surface area contributed by atoms with Crippen molar-refractivity contribution in [3.05, 3.63) is 60.0 Å². The number of aromatic nitrogens is 3. The monoisotopic (exact) mass is 321 g/mol. The van der Waals surface area contributed by atoms with E-state index in [4.69, 9.17) is 5.10 Å². The van der Waals surface area contributed by atoms with Crippen LogP contribution in [0.5, 0.6) is 0 Å². The van der Waals surface area contributed by atoms with Gasteiger partial charge in [-0.25, -0.2) is 0 Å². The highest BCUT2D eigenvalue weighted by Crippen LogP contribution is 2.26. The van der Waals surface area contributed by atoms with E-state index in [2.05, 4.69) is 57.1 Å². The van der Waals surface area contributed by atoms with E-state index in [-0.39, 0.29) is 0 Å². The third-order valence-corrected chi connectivity index (χ3v) is 4.81. The molecule has 1 aromatic carbocycles. The Hall–Kier alpha value is -2.24. The maximum absolute atomic E-state index is 4.87. The van der Waals surface area contributed by atoms with Gasteiger partial charge in [-0.2, -0.15) is 5.10 Å². The molecule has 4 rings (SSSR count). The number of fused-ring (bicyclic) bond motifs is 1. The van der Waals surface area contributed by atoms with Gasteiger partial charge in [0.25, 0.3) is 0 Å². The molecule has 124 valence electrons. The first-order valence-electron chi connectivity index (χ1n) is 8.66. The fourth-order valence-corrected chi connectivity index (χ4v) is 3.58. The number of aryl methyl sites for hydroxylation is 1. The minimum absolute atomic E-state index is 0.345. The van der Waals surface area contributed by atoms with Gasteiger partial charge >= 0.3 is 0 Å². The Balaban J connectivity index is 1.66. The number of piperazine rings is 1. The van der Waals surface area contributed by atoms with E-state index in [9.17, 15) is 0 Å². The summed E-state index contributed by atoms with van der Waals surface area (Å²) < 4.78 is 2.10. The molecule has 0 radical (unpaired) electrons. The lowest BCUT2D eigenvalue weighted by molar-refractivity contribution is 0.152. The van der Waals surface area contributed by atoms with Gasteiger partial charge in [0.2, 0.25) is 0 Å². The van der Waals surface area contributed by atoms with E-state index in [1.54, 1.807) is 0 Å². The molecular formula is C19H23N5. The number of para-hydroxylation sites is 1. The van der Waals surface area contributed by atoms with Crippen molar-refractivity contribution in [1.29, 1.82) is 0 Å². The highest BCUT2D eigenvalue weighted by molar-refractivity contribution is 5.81. The third-order valence-electron chi connectivity index (χ3n) is 4.81. The van der Waals surface area contributed by atoms with Gasteiger partial charge in [-0.05, 0) is 24.6 Å². The summed E-state index contributed by atoms with van der Waals surface area (Å²) in [7, 11) is 0. The van der Waals surface area contributed by atoms with Crippen LogP contribution in [0.25, 0.3) is 10.9 Å². The van der Waals surface area contributed by atoms with Gasteiger partial charge in [-0.15, -0.1) is 0 Å². The first-order chi connectivity index (χ1) is 11.9. The van der Waals surface area contributed by atoms with Gasteiger partial charge in [0, 0.05) is 56.5 Å². The van der Waals surface area contributed by atoms with Gasteiger partial charge in [-0.3, -0.25) is 14.6 Å². The third kappa shape index (κ3) is 2.81. The Bertz CT molecular complexity index is 811. The number of rotatable bonds is 4. The number of hydrogen-bond acceptors (Lipinski definition) is 4. The molecule has 1 atom stereocenters. The minimum Gasteiger partial charge on any atom is -0.314 e. The van der Waals surface area contributed by atoms with Crippen LogP contribution in [-0.4, -0.2) is 39.3 Å². The topological polar surface area (TPSA) is 46.0 Å². The van der Waals surface area contributed by atoms with E-state index in [1.807, 2.05) is 18.5 Å². The second-order valence-electron chi connectivity index (χ2n) is 6.26. The van der Waals surface area contributed by atoms with Crippen LogP contribution in [0.1, 0.15) is 24.2 Å². The molecule has 1 unspecified atom stereocenters. The first-order valence-corrected chi connectivity index (χ1v) is 8.66. The van der Waals surface area contributed by atoms with Crippen LogP contribution in [-0.2, 0) is 13.1 Å². The van der Waals surface area contributed by atoms with Gasteiger partial charge in [0.15, 0.2) is 0 Å². The molecular weight excluding hydrogens is 298 g/mol. The van der Waals surface area contributed by atoms with Crippen molar-refractivity contribution in [3.8, 4) is 0 Å². The van der Waals surface area contributed by atoms with Crippen molar-refractivity contribution < 1.29 is 0 Å². The molecule has 1 fully saturated rings. The molecule has 1 aliphatic rings. The standard InChI is InChI=1S/C19H23N5/c1-2-24-18-8-4-3-7-16(18)17(22-24)14-23-11-10-21-13-19(23)15-6-5-9-20-12-15/h3-9,12,19,21H,2,10-11,13-14H2,1H3. The fraction of sp³-hybridized carbons (Fsp3) is 0.368. The predicted octanol–water partition coefficient (Wildman–Crippen LogP) is 2.60. The average Bonchev–Trinajstić information content (AvgIpc) is 3.01. The summed E-state index contributed by atoms with van der Waals surface area (Å²) in [5.74, 6) is 0. The molecule has 0 aliphatic carbocycles. The molecule has 3 aromatic rings. The van der Waals surface area contributed by atoms with E-state index in [0.29, 0.717) is 6.04 Å². The van der Waals surface area contributed by atoms with E-state index in [1.165, 1.54) is 22.2 Å². The maximum atomic E-state index is 4.87. The molecule has 0 amide bonds. The molecule has 0 spiro atoms. The second-order valence-corrected chi connectivity index (χ2v) is 6.26. The molecule has 1 N–H and O–H groups in total. The Morgan fingerprint density at radius 3 is 2.96 bits per heavy atom. The van der Waals surface area contributed by atoms with Crippen LogP contribution in [0.4, 0.5) is 0 Å². The summed E-state index contributed by atoms with van der Waals surface area (Å²) in [6.07, 6.45) is 3.81. The van der Waals surface area contributed by atoms with Gasteiger partial charge in [-0.1, -0.05) is 24.3 Å². The lowest BCUT2D eigenvalue weighted by atomic mass is 10.0. The lowest BCUT2D eigenvalue weighted by Gasteiger charge is -2.35. The average molecular weight is 321 g/mol. The lowest BCUT2D eigenvalue weighted by Crippen LogP contribution is -2.45. The zero-order valence-corrected chi connectivity index (χ0v) is 14.0. The van der Waals surface area contributed by atoms with Crippen molar-refractivity contribution in [3.63, 3.8) is 0 Å². The fourth-order valence-electron chi connectivity index (χ4n) is 3.58. The smallest absolute Gasteiger partial charge is 0.0843 e. The molecule has 5 nitrogen and oxygen atoms in total. The molecule has 0 saturated carbocycles. The molecule has 0 bridgehead atoms. The zero-order chi connectivity index (χ0) is 16.4. The molecule has 24 heavy (non-hydrogen) atoms. The first kappa shape index (κ1) is 15.3. The Morgan fingerprint density at radius 1 is 1.21 bits per heavy atom. The maximum Gasteiger partial charge on any atom is 0.0843 e. The molecule has 1 saturated heterocycles. The highest BCUT2D eigenvalue weighted by atomic mass is 15.3. The van der Waals surface area contributed by atoms with Crippen molar-refractivity contribution in [2.45, 2.75) is 26.1 Å². The largest absolute Gasteiger partial charge is 0.314 e. The number of nitrogens with zero attached hydrogens (tertiary/aromatic N) is 4. The van der Waals surface area contributed by atoms with E-state index >= 15 is 0 Å². The predicted molar refractivity (Wildman–Crippen MR) is 95.7 cm³/mol. The quantitative estimate of drug-likeness (QED) is 0.802. The molecule has 3 heterocycles. The van der Waals surface area contributed by atoms with Gasteiger partial charge in [0.05, 0.1) is 11.2 Å². The van der Waals surface area contributed by atoms with Crippen LogP contribution in [0, 0.1) is 0 Å².